The van der Waals surface area contributed by atoms with E-state index >= 15 is 0 Å². The molecule has 3 rings (SSSR count). The molecule has 0 saturated carbocycles. The largest absolute Gasteiger partial charge is 0.465 e. The molecular formula is C14H18N4O2. The van der Waals surface area contributed by atoms with E-state index in [-0.39, 0.29) is 5.97 Å². The average molecular weight is 274 g/mol. The summed E-state index contributed by atoms with van der Waals surface area (Å²) in [6.45, 7) is 2.98. The highest BCUT2D eigenvalue weighted by atomic mass is 16.5. The second kappa shape index (κ2) is 5.58. The van der Waals surface area contributed by atoms with Crippen LogP contribution >= 0.6 is 0 Å². The van der Waals surface area contributed by atoms with Gasteiger partial charge in [0.05, 0.1) is 13.7 Å². The highest BCUT2D eigenvalue weighted by molar-refractivity contribution is 5.95. The summed E-state index contributed by atoms with van der Waals surface area (Å²) in [5.74, 6) is 0.486. The number of hydrogen-bond donors (Lipinski definition) is 0. The normalized spacial score (nSPS) is 16.4. The van der Waals surface area contributed by atoms with Crippen LogP contribution in [0.3, 0.4) is 0 Å². The minimum atomic E-state index is -0.382. The molecule has 3 heterocycles. The molecule has 2 aromatic rings. The lowest BCUT2D eigenvalue weighted by Gasteiger charge is -2.25. The van der Waals surface area contributed by atoms with Crippen molar-refractivity contribution in [1.29, 1.82) is 0 Å². The molecule has 0 bridgehead atoms. The number of piperidine rings is 1. The van der Waals surface area contributed by atoms with Crippen LogP contribution < -0.4 is 0 Å². The summed E-state index contributed by atoms with van der Waals surface area (Å²) in [7, 11) is 1.37. The van der Waals surface area contributed by atoms with Gasteiger partial charge in [0, 0.05) is 6.20 Å². The second-order valence-electron chi connectivity index (χ2n) is 5.06. The first-order valence-electron chi connectivity index (χ1n) is 6.93. The van der Waals surface area contributed by atoms with Crippen LogP contribution in [0.4, 0.5) is 0 Å². The summed E-state index contributed by atoms with van der Waals surface area (Å²) in [5.41, 5.74) is 1.01. The van der Waals surface area contributed by atoms with Crippen LogP contribution in [0.5, 0.6) is 0 Å². The Bertz CT molecular complexity index is 617. The van der Waals surface area contributed by atoms with E-state index in [0.717, 1.165) is 25.5 Å². The Kier molecular flexibility index (Phi) is 3.64. The van der Waals surface area contributed by atoms with Crippen molar-refractivity contribution < 1.29 is 9.53 Å². The SMILES string of the molecule is COC(=O)c1cccn2c(CN3CCCCC3)nnc12. The Labute approximate surface area is 117 Å². The van der Waals surface area contributed by atoms with Gasteiger partial charge >= 0.3 is 5.97 Å². The van der Waals surface area contributed by atoms with Gasteiger partial charge in [-0.1, -0.05) is 6.42 Å². The van der Waals surface area contributed by atoms with Crippen molar-refractivity contribution in [1.82, 2.24) is 19.5 Å². The molecule has 2 aromatic heterocycles. The monoisotopic (exact) mass is 274 g/mol. The molecule has 1 aliphatic rings. The van der Waals surface area contributed by atoms with Crippen molar-refractivity contribution in [3.05, 3.63) is 29.7 Å². The summed E-state index contributed by atoms with van der Waals surface area (Å²) >= 11 is 0. The highest BCUT2D eigenvalue weighted by Crippen LogP contribution is 2.15. The van der Waals surface area contributed by atoms with Crippen molar-refractivity contribution in [3.63, 3.8) is 0 Å². The lowest BCUT2D eigenvalue weighted by atomic mass is 10.1. The third kappa shape index (κ3) is 2.38. The predicted molar refractivity (Wildman–Crippen MR) is 73.5 cm³/mol. The lowest BCUT2D eigenvalue weighted by molar-refractivity contribution is 0.0602. The summed E-state index contributed by atoms with van der Waals surface area (Å²) in [5, 5.41) is 8.37. The van der Waals surface area contributed by atoms with E-state index in [9.17, 15) is 4.79 Å². The number of ether oxygens (including phenoxy) is 1. The molecule has 20 heavy (non-hydrogen) atoms. The van der Waals surface area contributed by atoms with E-state index in [1.54, 1.807) is 6.07 Å². The van der Waals surface area contributed by atoms with Gasteiger partial charge in [0.2, 0.25) is 0 Å². The minimum absolute atomic E-state index is 0.382. The van der Waals surface area contributed by atoms with Crippen molar-refractivity contribution in [2.24, 2.45) is 0 Å². The maximum absolute atomic E-state index is 11.7. The number of carbonyl (C=O) groups excluding carboxylic acids is 1. The Morgan fingerprint density at radius 3 is 2.85 bits per heavy atom. The van der Waals surface area contributed by atoms with E-state index in [4.69, 9.17) is 4.74 Å². The van der Waals surface area contributed by atoms with E-state index < -0.39 is 0 Å². The fourth-order valence-corrected chi connectivity index (χ4v) is 2.66. The molecule has 106 valence electrons. The zero-order valence-electron chi connectivity index (χ0n) is 11.6. The number of likely N-dealkylation sites (tertiary alicyclic amines) is 1. The van der Waals surface area contributed by atoms with E-state index in [1.807, 2.05) is 16.7 Å². The molecule has 0 radical (unpaired) electrons. The standard InChI is InChI=1S/C14H18N4O2/c1-20-14(19)11-6-5-9-18-12(15-16-13(11)18)10-17-7-3-2-4-8-17/h5-6,9H,2-4,7-8,10H2,1H3. The Hall–Kier alpha value is -1.95. The van der Waals surface area contributed by atoms with E-state index in [0.29, 0.717) is 11.2 Å². The molecule has 0 aromatic carbocycles. The summed E-state index contributed by atoms with van der Waals surface area (Å²) in [4.78, 5) is 14.1. The number of hydrogen-bond acceptors (Lipinski definition) is 5. The van der Waals surface area contributed by atoms with Gasteiger partial charge in [-0.25, -0.2) is 4.79 Å². The molecule has 6 heteroatoms. The first kappa shape index (κ1) is 13.1. The van der Waals surface area contributed by atoms with E-state index in [2.05, 4.69) is 15.1 Å². The molecule has 0 atom stereocenters. The van der Waals surface area contributed by atoms with Gasteiger partial charge in [-0.15, -0.1) is 10.2 Å². The minimum Gasteiger partial charge on any atom is -0.465 e. The number of aromatic nitrogens is 3. The smallest absolute Gasteiger partial charge is 0.341 e. The van der Waals surface area contributed by atoms with Crippen LogP contribution in [0.2, 0.25) is 0 Å². The fraction of sp³-hybridized carbons (Fsp3) is 0.500. The molecule has 6 nitrogen and oxygen atoms in total. The summed E-state index contributed by atoms with van der Waals surface area (Å²) < 4.78 is 6.65. The number of esters is 1. The van der Waals surface area contributed by atoms with Crippen LogP contribution in [0.25, 0.3) is 5.65 Å². The third-order valence-corrected chi connectivity index (χ3v) is 3.72. The number of carbonyl (C=O) groups is 1. The first-order valence-corrected chi connectivity index (χ1v) is 6.93. The molecule has 0 unspecified atom stereocenters. The molecule has 0 N–H and O–H groups in total. The molecule has 0 spiro atoms. The number of pyridine rings is 1. The maximum Gasteiger partial charge on any atom is 0.341 e. The Morgan fingerprint density at radius 1 is 1.30 bits per heavy atom. The van der Waals surface area contributed by atoms with Gasteiger partial charge < -0.3 is 4.74 Å². The molecular weight excluding hydrogens is 256 g/mol. The highest BCUT2D eigenvalue weighted by Gasteiger charge is 2.17. The predicted octanol–water partition coefficient (Wildman–Crippen LogP) is 1.50. The third-order valence-electron chi connectivity index (χ3n) is 3.72. The van der Waals surface area contributed by atoms with Crippen LogP contribution in [0, 0.1) is 0 Å². The molecule has 1 aliphatic heterocycles. The molecule has 1 fully saturated rings. The molecule has 0 aliphatic carbocycles. The topological polar surface area (TPSA) is 59.7 Å². The van der Waals surface area contributed by atoms with Gasteiger partial charge in [-0.2, -0.15) is 0 Å². The van der Waals surface area contributed by atoms with E-state index in [1.165, 1.54) is 26.4 Å². The maximum atomic E-state index is 11.7. The van der Waals surface area contributed by atoms with Crippen LogP contribution in [0.15, 0.2) is 18.3 Å². The zero-order valence-corrected chi connectivity index (χ0v) is 11.6. The zero-order chi connectivity index (χ0) is 13.9. The second-order valence-corrected chi connectivity index (χ2v) is 5.06. The number of methoxy groups -OCH3 is 1. The summed E-state index contributed by atoms with van der Waals surface area (Å²) in [6, 6.07) is 3.53. The van der Waals surface area contributed by atoms with Crippen molar-refractivity contribution >= 4 is 11.6 Å². The summed E-state index contributed by atoms with van der Waals surface area (Å²) in [6.07, 6.45) is 5.68. The van der Waals surface area contributed by atoms with Gasteiger partial charge in [0.1, 0.15) is 5.56 Å². The van der Waals surface area contributed by atoms with Crippen LogP contribution in [0.1, 0.15) is 35.4 Å². The fourth-order valence-electron chi connectivity index (χ4n) is 2.66. The van der Waals surface area contributed by atoms with Gasteiger partial charge in [-0.05, 0) is 38.1 Å². The average Bonchev–Trinajstić information content (AvgIpc) is 2.91. The quantitative estimate of drug-likeness (QED) is 0.794. The van der Waals surface area contributed by atoms with Crippen molar-refractivity contribution in [3.8, 4) is 0 Å². The van der Waals surface area contributed by atoms with Crippen molar-refractivity contribution in [2.45, 2.75) is 25.8 Å². The number of rotatable bonds is 3. The lowest BCUT2D eigenvalue weighted by Crippen LogP contribution is -2.29. The first-order chi connectivity index (χ1) is 9.79. The van der Waals surface area contributed by atoms with Gasteiger partial charge in [0.25, 0.3) is 0 Å². The van der Waals surface area contributed by atoms with Crippen molar-refractivity contribution in [2.75, 3.05) is 20.2 Å². The van der Waals surface area contributed by atoms with Crippen LogP contribution in [-0.4, -0.2) is 45.7 Å². The Balaban J connectivity index is 1.91. The number of nitrogens with zero attached hydrogens (tertiary/aromatic N) is 4. The van der Waals surface area contributed by atoms with Gasteiger partial charge in [0.15, 0.2) is 11.5 Å². The number of fused-ring (bicyclic) bond motifs is 1. The molecule has 0 amide bonds. The molecule has 1 saturated heterocycles. The Morgan fingerprint density at radius 2 is 2.10 bits per heavy atom. The van der Waals surface area contributed by atoms with Crippen LogP contribution in [-0.2, 0) is 11.3 Å². The van der Waals surface area contributed by atoms with Gasteiger partial charge in [-0.3, -0.25) is 9.30 Å².